The highest BCUT2D eigenvalue weighted by Crippen LogP contribution is 2.19. The van der Waals surface area contributed by atoms with E-state index in [1.165, 1.54) is 0 Å². The third-order valence-electron chi connectivity index (χ3n) is 4.37. The van der Waals surface area contributed by atoms with Crippen molar-refractivity contribution in [3.8, 4) is 0 Å². The topological polar surface area (TPSA) is 53.5 Å². The predicted molar refractivity (Wildman–Crippen MR) is 109 cm³/mol. The second-order valence-corrected chi connectivity index (χ2v) is 6.61. The second-order valence-electron chi connectivity index (χ2n) is 6.61. The van der Waals surface area contributed by atoms with Crippen LogP contribution >= 0.6 is 0 Å². The summed E-state index contributed by atoms with van der Waals surface area (Å²) in [5.74, 6) is -0.246. The van der Waals surface area contributed by atoms with Gasteiger partial charge < -0.3 is 9.80 Å². The lowest BCUT2D eigenvalue weighted by Crippen LogP contribution is -2.34. The van der Waals surface area contributed by atoms with Gasteiger partial charge in [0.25, 0.3) is 11.8 Å². The Morgan fingerprint density at radius 3 is 2.26 bits per heavy atom. The van der Waals surface area contributed by atoms with Gasteiger partial charge >= 0.3 is 0 Å². The van der Waals surface area contributed by atoms with Crippen LogP contribution in [-0.4, -0.2) is 41.3 Å². The Morgan fingerprint density at radius 2 is 1.67 bits per heavy atom. The molecule has 1 heterocycles. The van der Waals surface area contributed by atoms with Crippen molar-refractivity contribution in [2.45, 2.75) is 40.5 Å². The molecule has 2 rings (SSSR count). The van der Waals surface area contributed by atoms with Gasteiger partial charge in [-0.15, -0.1) is 0 Å². The standard InChI is InChI=1S/C22H29N3O2/c1-5-13-24(14-6-2)22(27)20-16-18(11-12-23-20)21(26)25(7-3)19-10-8-9-17(4)15-19/h8-12,15-16H,5-7,13-14H2,1-4H3. The van der Waals surface area contributed by atoms with Crippen molar-refractivity contribution in [1.82, 2.24) is 9.88 Å². The largest absolute Gasteiger partial charge is 0.337 e. The van der Waals surface area contributed by atoms with Crippen LogP contribution in [0.15, 0.2) is 42.6 Å². The van der Waals surface area contributed by atoms with Gasteiger partial charge in [0.1, 0.15) is 5.69 Å². The molecule has 0 radical (unpaired) electrons. The minimum Gasteiger partial charge on any atom is -0.337 e. The number of rotatable bonds is 8. The van der Waals surface area contributed by atoms with Crippen molar-refractivity contribution in [1.29, 1.82) is 0 Å². The number of pyridine rings is 1. The maximum absolute atomic E-state index is 13.1. The number of aryl methyl sites for hydroxylation is 1. The highest BCUT2D eigenvalue weighted by atomic mass is 16.2. The van der Waals surface area contributed by atoms with Crippen molar-refractivity contribution >= 4 is 17.5 Å². The van der Waals surface area contributed by atoms with E-state index < -0.39 is 0 Å². The minimum absolute atomic E-state index is 0.119. The van der Waals surface area contributed by atoms with Crippen LogP contribution in [0.3, 0.4) is 0 Å². The van der Waals surface area contributed by atoms with Crippen molar-refractivity contribution in [2.24, 2.45) is 0 Å². The molecule has 5 heteroatoms. The molecule has 144 valence electrons. The summed E-state index contributed by atoms with van der Waals surface area (Å²) in [6.07, 6.45) is 3.32. The maximum atomic E-state index is 13.1. The maximum Gasteiger partial charge on any atom is 0.272 e. The van der Waals surface area contributed by atoms with E-state index in [4.69, 9.17) is 0 Å². The smallest absolute Gasteiger partial charge is 0.272 e. The molecule has 0 saturated heterocycles. The number of carbonyl (C=O) groups excluding carboxylic acids is 2. The lowest BCUT2D eigenvalue weighted by molar-refractivity contribution is 0.0749. The van der Waals surface area contributed by atoms with Crippen LogP contribution in [0.25, 0.3) is 0 Å². The fraction of sp³-hybridized carbons (Fsp3) is 0.409. The summed E-state index contributed by atoms with van der Waals surface area (Å²) in [4.78, 5) is 33.6. The second kappa shape index (κ2) is 9.86. The number of amides is 2. The van der Waals surface area contributed by atoms with Crippen LogP contribution in [0.5, 0.6) is 0 Å². The van der Waals surface area contributed by atoms with Gasteiger partial charge in [0.2, 0.25) is 0 Å². The molecule has 0 spiro atoms. The number of hydrogen-bond donors (Lipinski definition) is 0. The Kier molecular flexibility index (Phi) is 7.53. The lowest BCUT2D eigenvalue weighted by Gasteiger charge is -2.23. The third-order valence-corrected chi connectivity index (χ3v) is 4.37. The molecule has 0 unspecified atom stereocenters. The summed E-state index contributed by atoms with van der Waals surface area (Å²) in [6, 6.07) is 11.1. The summed E-state index contributed by atoms with van der Waals surface area (Å²) >= 11 is 0. The average molecular weight is 367 g/mol. The first-order valence-electron chi connectivity index (χ1n) is 9.65. The number of nitrogens with zero attached hydrogens (tertiary/aromatic N) is 3. The molecule has 1 aromatic heterocycles. The molecule has 0 aliphatic carbocycles. The number of aromatic nitrogens is 1. The highest BCUT2D eigenvalue weighted by Gasteiger charge is 2.20. The molecule has 0 aliphatic rings. The number of anilines is 1. The van der Waals surface area contributed by atoms with Gasteiger partial charge in [-0.25, -0.2) is 0 Å². The fourth-order valence-electron chi connectivity index (χ4n) is 3.09. The van der Waals surface area contributed by atoms with Crippen molar-refractivity contribution in [2.75, 3.05) is 24.5 Å². The van der Waals surface area contributed by atoms with Crippen LogP contribution < -0.4 is 4.90 Å². The first kappa shape index (κ1) is 20.6. The molecular weight excluding hydrogens is 338 g/mol. The van der Waals surface area contributed by atoms with E-state index in [0.717, 1.165) is 24.1 Å². The summed E-state index contributed by atoms with van der Waals surface area (Å²) < 4.78 is 0. The molecule has 0 aliphatic heterocycles. The Morgan fingerprint density at radius 1 is 0.963 bits per heavy atom. The first-order chi connectivity index (χ1) is 13.0. The molecule has 0 saturated carbocycles. The molecule has 0 atom stereocenters. The van der Waals surface area contributed by atoms with Crippen LogP contribution in [0.4, 0.5) is 5.69 Å². The van der Waals surface area contributed by atoms with Gasteiger partial charge in [-0.05, 0) is 56.5 Å². The van der Waals surface area contributed by atoms with Crippen molar-refractivity contribution in [3.63, 3.8) is 0 Å². The van der Waals surface area contributed by atoms with Gasteiger partial charge in [0, 0.05) is 37.1 Å². The van der Waals surface area contributed by atoms with Gasteiger partial charge in [-0.1, -0.05) is 26.0 Å². The quantitative estimate of drug-likeness (QED) is 0.698. The zero-order valence-electron chi connectivity index (χ0n) is 16.7. The summed E-state index contributed by atoms with van der Waals surface area (Å²) in [6.45, 7) is 9.97. The van der Waals surface area contributed by atoms with E-state index >= 15 is 0 Å². The Hall–Kier alpha value is -2.69. The molecule has 0 fully saturated rings. The van der Waals surface area contributed by atoms with Crippen LogP contribution in [0, 0.1) is 6.92 Å². The molecule has 2 aromatic rings. The SMILES string of the molecule is CCCN(CCC)C(=O)c1cc(C(=O)N(CC)c2cccc(C)c2)ccn1. The van der Waals surface area contributed by atoms with E-state index in [-0.39, 0.29) is 11.8 Å². The summed E-state index contributed by atoms with van der Waals surface area (Å²) in [5, 5.41) is 0. The van der Waals surface area contributed by atoms with Crippen LogP contribution in [-0.2, 0) is 0 Å². The molecular formula is C22H29N3O2. The minimum atomic E-state index is -0.128. The molecule has 2 amide bonds. The van der Waals surface area contributed by atoms with Crippen LogP contribution in [0.1, 0.15) is 60.0 Å². The zero-order valence-corrected chi connectivity index (χ0v) is 16.7. The van der Waals surface area contributed by atoms with E-state index in [9.17, 15) is 9.59 Å². The number of carbonyl (C=O) groups is 2. The fourth-order valence-corrected chi connectivity index (χ4v) is 3.09. The predicted octanol–water partition coefficient (Wildman–Crippen LogP) is 4.32. The third kappa shape index (κ3) is 5.16. The van der Waals surface area contributed by atoms with Gasteiger partial charge in [-0.2, -0.15) is 0 Å². The average Bonchev–Trinajstić information content (AvgIpc) is 2.68. The Bertz CT molecular complexity index is 783. The van der Waals surface area contributed by atoms with Crippen molar-refractivity contribution in [3.05, 3.63) is 59.4 Å². The number of hydrogen-bond acceptors (Lipinski definition) is 3. The zero-order chi connectivity index (χ0) is 19.8. The molecule has 0 bridgehead atoms. The molecule has 5 nitrogen and oxygen atoms in total. The van der Waals surface area contributed by atoms with Gasteiger partial charge in [0.05, 0.1) is 0 Å². The van der Waals surface area contributed by atoms with Crippen LogP contribution in [0.2, 0.25) is 0 Å². The van der Waals surface area contributed by atoms with Gasteiger partial charge in [0.15, 0.2) is 0 Å². The van der Waals surface area contributed by atoms with E-state index in [1.54, 1.807) is 28.1 Å². The first-order valence-corrected chi connectivity index (χ1v) is 9.65. The molecule has 1 aromatic carbocycles. The van der Waals surface area contributed by atoms with E-state index in [2.05, 4.69) is 4.98 Å². The monoisotopic (exact) mass is 367 g/mol. The van der Waals surface area contributed by atoms with E-state index in [1.807, 2.05) is 52.0 Å². The number of benzene rings is 1. The summed E-state index contributed by atoms with van der Waals surface area (Å²) in [7, 11) is 0. The Labute approximate surface area is 162 Å². The highest BCUT2D eigenvalue weighted by molar-refractivity contribution is 6.07. The lowest BCUT2D eigenvalue weighted by atomic mass is 10.1. The normalized spacial score (nSPS) is 10.5. The molecule has 27 heavy (non-hydrogen) atoms. The Balaban J connectivity index is 2.29. The summed E-state index contributed by atoms with van der Waals surface area (Å²) in [5.41, 5.74) is 2.75. The van der Waals surface area contributed by atoms with E-state index in [0.29, 0.717) is 30.9 Å². The molecule has 0 N–H and O–H groups in total. The van der Waals surface area contributed by atoms with Crippen molar-refractivity contribution < 1.29 is 9.59 Å². The van der Waals surface area contributed by atoms with Gasteiger partial charge in [-0.3, -0.25) is 14.6 Å².